The summed E-state index contributed by atoms with van der Waals surface area (Å²) in [5, 5.41) is 14.6. The summed E-state index contributed by atoms with van der Waals surface area (Å²) in [6, 6.07) is 9.39. The molecule has 104 valence electrons. The summed E-state index contributed by atoms with van der Waals surface area (Å²) in [5.41, 5.74) is 0.496. The van der Waals surface area contributed by atoms with Crippen molar-refractivity contribution in [3.05, 3.63) is 57.8 Å². The first kappa shape index (κ1) is 14.4. The molecule has 1 aromatic heterocycles. The van der Waals surface area contributed by atoms with E-state index in [2.05, 4.69) is 5.32 Å². The van der Waals surface area contributed by atoms with E-state index in [1.54, 1.807) is 24.3 Å². The molecule has 7 heteroatoms. The molecule has 2 aromatic rings. The van der Waals surface area contributed by atoms with Crippen molar-refractivity contribution in [2.45, 2.75) is 0 Å². The van der Waals surface area contributed by atoms with Gasteiger partial charge in [-0.25, -0.2) is 0 Å². The maximum Gasteiger partial charge on any atom is 0.379 e. The minimum Gasteiger partial charge on any atom is -0.616 e. The molecule has 1 aromatic carbocycles. The molecular formula is C13H10Cl2N2O3. The van der Waals surface area contributed by atoms with Crippen LogP contribution in [-0.4, -0.2) is 12.5 Å². The minimum atomic E-state index is -0.410. The van der Waals surface area contributed by atoms with Crippen molar-refractivity contribution in [1.82, 2.24) is 0 Å². The number of nitrogens with one attached hydrogen (secondary N) is 1. The summed E-state index contributed by atoms with van der Waals surface area (Å²) >= 11 is 11.6. The smallest absolute Gasteiger partial charge is 0.379 e. The third-order valence-corrected chi connectivity index (χ3v) is 3.08. The van der Waals surface area contributed by atoms with Gasteiger partial charge in [-0.15, -0.1) is 4.73 Å². The number of rotatable bonds is 4. The van der Waals surface area contributed by atoms with Crippen molar-refractivity contribution >= 4 is 34.8 Å². The van der Waals surface area contributed by atoms with Gasteiger partial charge < -0.3 is 15.3 Å². The number of hydrogen-bond acceptors (Lipinski definition) is 3. The van der Waals surface area contributed by atoms with E-state index in [9.17, 15) is 10.0 Å². The van der Waals surface area contributed by atoms with Gasteiger partial charge in [0, 0.05) is 11.8 Å². The average molecular weight is 313 g/mol. The maximum atomic E-state index is 11.7. The van der Waals surface area contributed by atoms with Crippen LogP contribution in [0.4, 0.5) is 5.69 Å². The van der Waals surface area contributed by atoms with E-state index in [1.165, 1.54) is 18.3 Å². The first-order chi connectivity index (χ1) is 9.56. The molecule has 0 aliphatic carbocycles. The second-order valence-corrected chi connectivity index (χ2v) is 4.64. The zero-order chi connectivity index (χ0) is 14.5. The molecule has 20 heavy (non-hydrogen) atoms. The summed E-state index contributed by atoms with van der Waals surface area (Å²) in [6.45, 7) is -0.285. The van der Waals surface area contributed by atoms with E-state index in [-0.39, 0.29) is 12.5 Å². The van der Waals surface area contributed by atoms with Crippen molar-refractivity contribution in [3.8, 4) is 5.88 Å². The normalized spacial score (nSPS) is 10.1. The van der Waals surface area contributed by atoms with Crippen LogP contribution in [0.25, 0.3) is 0 Å². The molecule has 0 fully saturated rings. The number of hydrogen-bond donors (Lipinski definition) is 1. The number of carbonyl (C=O) groups is 1. The quantitative estimate of drug-likeness (QED) is 0.697. The van der Waals surface area contributed by atoms with Crippen LogP contribution in [0.5, 0.6) is 5.88 Å². The summed E-state index contributed by atoms with van der Waals surface area (Å²) < 4.78 is 5.64. The standard InChI is InChI=1S/C13H10Cl2N2O3/c14-10-5-4-9(7-11(10)15)16-12(18)8-20-13-3-1-2-6-17(13)19/h1-7H,8H2,(H,16,18). The van der Waals surface area contributed by atoms with Crippen LogP contribution in [0, 0.1) is 5.21 Å². The number of benzene rings is 1. The van der Waals surface area contributed by atoms with E-state index in [0.29, 0.717) is 20.5 Å². The highest BCUT2D eigenvalue weighted by Crippen LogP contribution is 2.24. The Hall–Kier alpha value is -1.98. The van der Waals surface area contributed by atoms with Gasteiger partial charge in [-0.2, -0.15) is 0 Å². The summed E-state index contributed by atoms with van der Waals surface area (Å²) in [5.74, 6) is -0.357. The fraction of sp³-hybridized carbons (Fsp3) is 0.0769. The monoisotopic (exact) mass is 312 g/mol. The summed E-state index contributed by atoms with van der Waals surface area (Å²) in [7, 11) is 0. The molecule has 0 atom stereocenters. The zero-order valence-electron chi connectivity index (χ0n) is 10.2. The van der Waals surface area contributed by atoms with E-state index >= 15 is 0 Å². The van der Waals surface area contributed by atoms with Crippen molar-refractivity contribution in [2.24, 2.45) is 0 Å². The van der Waals surface area contributed by atoms with E-state index in [1.807, 2.05) is 0 Å². The van der Waals surface area contributed by atoms with Crippen LogP contribution >= 0.6 is 23.2 Å². The number of aromatic nitrogens is 1. The fourth-order valence-corrected chi connectivity index (χ4v) is 1.73. The van der Waals surface area contributed by atoms with Gasteiger partial charge in [-0.3, -0.25) is 4.79 Å². The van der Waals surface area contributed by atoms with Crippen LogP contribution in [0.2, 0.25) is 10.0 Å². The lowest BCUT2D eigenvalue weighted by Crippen LogP contribution is -2.30. The SMILES string of the molecule is O=C(COc1cccc[n+]1[O-])Nc1ccc(Cl)c(Cl)c1. The molecule has 1 amide bonds. The van der Waals surface area contributed by atoms with Crippen molar-refractivity contribution < 1.29 is 14.3 Å². The van der Waals surface area contributed by atoms with E-state index in [4.69, 9.17) is 27.9 Å². The second-order valence-electron chi connectivity index (χ2n) is 3.83. The highest BCUT2D eigenvalue weighted by molar-refractivity contribution is 6.42. The van der Waals surface area contributed by atoms with Gasteiger partial charge in [0.25, 0.3) is 5.91 Å². The number of halogens is 2. The van der Waals surface area contributed by atoms with Gasteiger partial charge in [0.15, 0.2) is 12.8 Å². The molecular weight excluding hydrogens is 303 g/mol. The third-order valence-electron chi connectivity index (χ3n) is 2.34. The van der Waals surface area contributed by atoms with Crippen molar-refractivity contribution in [1.29, 1.82) is 0 Å². The van der Waals surface area contributed by atoms with E-state index < -0.39 is 5.91 Å². The fourth-order valence-electron chi connectivity index (χ4n) is 1.43. The van der Waals surface area contributed by atoms with Crippen molar-refractivity contribution in [2.75, 3.05) is 11.9 Å². The highest BCUT2D eigenvalue weighted by Gasteiger charge is 2.09. The highest BCUT2D eigenvalue weighted by atomic mass is 35.5. The van der Waals surface area contributed by atoms with Gasteiger partial charge in [-0.05, 0) is 24.3 Å². The van der Waals surface area contributed by atoms with Gasteiger partial charge >= 0.3 is 5.88 Å². The van der Waals surface area contributed by atoms with E-state index in [0.717, 1.165) is 0 Å². The molecule has 0 aliphatic heterocycles. The summed E-state index contributed by atoms with van der Waals surface area (Å²) in [4.78, 5) is 11.7. The molecule has 0 unspecified atom stereocenters. The maximum absolute atomic E-state index is 11.7. The Labute approximate surface area is 125 Å². The van der Waals surface area contributed by atoms with Gasteiger partial charge in [0.1, 0.15) is 0 Å². The van der Waals surface area contributed by atoms with Gasteiger partial charge in [0.05, 0.1) is 16.1 Å². The molecule has 0 spiro atoms. The van der Waals surface area contributed by atoms with Crippen LogP contribution in [-0.2, 0) is 4.79 Å². The Balaban J connectivity index is 1.93. The Bertz CT molecular complexity index is 635. The number of anilines is 1. The molecule has 5 nitrogen and oxygen atoms in total. The Kier molecular flexibility index (Phi) is 4.65. The predicted octanol–water partition coefficient (Wildman–Crippen LogP) is 2.64. The first-order valence-corrected chi connectivity index (χ1v) is 6.38. The minimum absolute atomic E-state index is 0.0526. The predicted molar refractivity (Wildman–Crippen MR) is 76.0 cm³/mol. The van der Waals surface area contributed by atoms with Crippen LogP contribution in [0.15, 0.2) is 42.6 Å². The molecule has 0 radical (unpaired) electrons. The topological polar surface area (TPSA) is 65.3 Å². The summed E-state index contributed by atoms with van der Waals surface area (Å²) in [6.07, 6.45) is 1.28. The van der Waals surface area contributed by atoms with Gasteiger partial charge in [-0.1, -0.05) is 23.2 Å². The molecule has 0 aliphatic rings. The largest absolute Gasteiger partial charge is 0.616 e. The lowest BCUT2D eigenvalue weighted by atomic mass is 10.3. The molecule has 0 saturated carbocycles. The first-order valence-electron chi connectivity index (χ1n) is 5.62. The number of carbonyl (C=O) groups excluding carboxylic acids is 1. The van der Waals surface area contributed by atoms with Crippen LogP contribution < -0.4 is 14.8 Å². The number of amides is 1. The van der Waals surface area contributed by atoms with Gasteiger partial charge in [0.2, 0.25) is 0 Å². The van der Waals surface area contributed by atoms with Crippen LogP contribution in [0.3, 0.4) is 0 Å². The average Bonchev–Trinajstić information content (AvgIpc) is 2.42. The Morgan fingerprint density at radius 3 is 2.75 bits per heavy atom. The molecule has 0 saturated heterocycles. The molecule has 0 bridgehead atoms. The second kappa shape index (κ2) is 6.45. The lowest BCUT2D eigenvalue weighted by molar-refractivity contribution is -0.612. The van der Waals surface area contributed by atoms with Crippen LogP contribution in [0.1, 0.15) is 0 Å². The molecule has 1 heterocycles. The Morgan fingerprint density at radius 2 is 2.05 bits per heavy atom. The Morgan fingerprint density at radius 1 is 1.25 bits per heavy atom. The number of nitrogens with zero attached hydrogens (tertiary/aromatic N) is 1. The molecule has 1 N–H and O–H groups in total. The molecule has 2 rings (SSSR count). The van der Waals surface area contributed by atoms with Crippen molar-refractivity contribution in [3.63, 3.8) is 0 Å². The number of pyridine rings is 1. The number of ether oxygens (including phenoxy) is 1. The lowest BCUT2D eigenvalue weighted by Gasteiger charge is -2.07. The third kappa shape index (κ3) is 3.76. The zero-order valence-corrected chi connectivity index (χ0v) is 11.7.